The lowest BCUT2D eigenvalue weighted by molar-refractivity contribution is -0.129. The van der Waals surface area contributed by atoms with Gasteiger partial charge in [0.1, 0.15) is 6.54 Å². The van der Waals surface area contributed by atoms with Crippen LogP contribution in [0, 0.1) is 6.92 Å². The maximum atomic E-state index is 12.7. The van der Waals surface area contributed by atoms with E-state index in [2.05, 4.69) is 0 Å². The lowest BCUT2D eigenvalue weighted by Crippen LogP contribution is -2.42. The molecule has 0 saturated heterocycles. The summed E-state index contributed by atoms with van der Waals surface area (Å²) in [5, 5.41) is 0. The summed E-state index contributed by atoms with van der Waals surface area (Å²) < 4.78 is 25.5. The number of carbonyl (C=O) groups is 1. The van der Waals surface area contributed by atoms with E-state index in [4.69, 9.17) is 0 Å². The Hall–Kier alpha value is -2.34. The second kappa shape index (κ2) is 8.16. The Morgan fingerprint density at radius 2 is 1.60 bits per heavy atom. The summed E-state index contributed by atoms with van der Waals surface area (Å²) in [6.45, 7) is 4.58. The molecule has 25 heavy (non-hydrogen) atoms. The smallest absolute Gasteiger partial charge is 0.243 e. The number of amides is 1. The number of anilines is 1. The van der Waals surface area contributed by atoms with Crippen molar-refractivity contribution in [3.63, 3.8) is 0 Å². The molecule has 0 N–H and O–H groups in total. The van der Waals surface area contributed by atoms with Crippen LogP contribution in [-0.4, -0.2) is 38.6 Å². The maximum absolute atomic E-state index is 12.7. The second-order valence-corrected chi connectivity index (χ2v) is 7.91. The Morgan fingerprint density at radius 1 is 1.00 bits per heavy atom. The average Bonchev–Trinajstić information content (AvgIpc) is 2.58. The molecule has 0 aliphatic rings. The van der Waals surface area contributed by atoms with Crippen LogP contribution in [0.15, 0.2) is 54.6 Å². The van der Waals surface area contributed by atoms with E-state index in [0.29, 0.717) is 18.8 Å². The fourth-order valence-corrected chi connectivity index (χ4v) is 3.36. The van der Waals surface area contributed by atoms with Crippen molar-refractivity contribution in [1.29, 1.82) is 0 Å². The molecule has 0 spiro atoms. The molecule has 0 aliphatic heterocycles. The highest BCUT2D eigenvalue weighted by Gasteiger charge is 2.23. The Balaban J connectivity index is 2.19. The van der Waals surface area contributed by atoms with Crippen LogP contribution < -0.4 is 4.31 Å². The van der Waals surface area contributed by atoms with Crippen molar-refractivity contribution in [2.24, 2.45) is 0 Å². The molecule has 0 saturated carbocycles. The van der Waals surface area contributed by atoms with E-state index < -0.39 is 10.0 Å². The monoisotopic (exact) mass is 360 g/mol. The zero-order valence-corrected chi connectivity index (χ0v) is 15.7. The summed E-state index contributed by atoms with van der Waals surface area (Å²) >= 11 is 0. The highest BCUT2D eigenvalue weighted by atomic mass is 32.2. The molecule has 0 atom stereocenters. The molecule has 0 aliphatic carbocycles. The van der Waals surface area contributed by atoms with Crippen molar-refractivity contribution < 1.29 is 13.2 Å². The van der Waals surface area contributed by atoms with Crippen LogP contribution in [0.5, 0.6) is 0 Å². The van der Waals surface area contributed by atoms with Crippen molar-refractivity contribution in [2.45, 2.75) is 20.4 Å². The van der Waals surface area contributed by atoms with E-state index >= 15 is 0 Å². The molecule has 2 rings (SSSR count). The maximum Gasteiger partial charge on any atom is 0.243 e. The van der Waals surface area contributed by atoms with Gasteiger partial charge in [0.15, 0.2) is 0 Å². The molecule has 0 heterocycles. The van der Waals surface area contributed by atoms with E-state index in [1.807, 2.05) is 56.3 Å². The summed E-state index contributed by atoms with van der Waals surface area (Å²) in [7, 11) is -3.55. The Bertz CT molecular complexity index is 802. The minimum atomic E-state index is -3.55. The quantitative estimate of drug-likeness (QED) is 0.763. The largest absolute Gasteiger partial charge is 0.337 e. The first kappa shape index (κ1) is 19.0. The fraction of sp³-hybridized carbons (Fsp3) is 0.316. The van der Waals surface area contributed by atoms with E-state index in [0.717, 1.165) is 21.7 Å². The molecule has 0 fully saturated rings. The third-order valence-electron chi connectivity index (χ3n) is 3.95. The molecule has 0 radical (unpaired) electrons. The number of likely N-dealkylation sites (N-methyl/N-ethyl adjacent to an activating group) is 1. The summed E-state index contributed by atoms with van der Waals surface area (Å²) in [5.41, 5.74) is 2.54. The molecule has 6 heteroatoms. The summed E-state index contributed by atoms with van der Waals surface area (Å²) in [4.78, 5) is 14.4. The minimum absolute atomic E-state index is 0.206. The first-order chi connectivity index (χ1) is 11.8. The number of carbonyl (C=O) groups excluding carboxylic acids is 1. The third-order valence-corrected chi connectivity index (χ3v) is 5.09. The molecular weight excluding hydrogens is 336 g/mol. The zero-order chi connectivity index (χ0) is 18.4. The Morgan fingerprint density at radius 3 is 2.12 bits per heavy atom. The number of hydrogen-bond acceptors (Lipinski definition) is 3. The van der Waals surface area contributed by atoms with Gasteiger partial charge in [-0.2, -0.15) is 0 Å². The average molecular weight is 360 g/mol. The molecule has 2 aromatic carbocycles. The van der Waals surface area contributed by atoms with Crippen molar-refractivity contribution in [1.82, 2.24) is 4.90 Å². The van der Waals surface area contributed by atoms with Gasteiger partial charge in [-0.25, -0.2) is 8.42 Å². The Kier molecular flexibility index (Phi) is 6.20. The molecule has 0 unspecified atom stereocenters. The van der Waals surface area contributed by atoms with Gasteiger partial charge in [-0.1, -0.05) is 48.0 Å². The lowest BCUT2D eigenvalue weighted by atomic mass is 10.2. The lowest BCUT2D eigenvalue weighted by Gasteiger charge is -2.27. The van der Waals surface area contributed by atoms with Crippen molar-refractivity contribution in [2.75, 3.05) is 23.7 Å². The molecule has 1 amide bonds. The first-order valence-corrected chi connectivity index (χ1v) is 10.0. The Labute approximate surface area is 149 Å². The van der Waals surface area contributed by atoms with Crippen LogP contribution in [0.1, 0.15) is 18.1 Å². The van der Waals surface area contributed by atoms with Crippen LogP contribution in [0.25, 0.3) is 0 Å². The highest BCUT2D eigenvalue weighted by molar-refractivity contribution is 7.92. The predicted molar refractivity (Wildman–Crippen MR) is 101 cm³/mol. The van der Waals surface area contributed by atoms with Crippen LogP contribution in [0.2, 0.25) is 0 Å². The van der Waals surface area contributed by atoms with Gasteiger partial charge < -0.3 is 4.90 Å². The molecular formula is C19H24N2O3S. The molecule has 0 bridgehead atoms. The van der Waals surface area contributed by atoms with Gasteiger partial charge in [0, 0.05) is 13.1 Å². The zero-order valence-electron chi connectivity index (χ0n) is 14.8. The highest BCUT2D eigenvalue weighted by Crippen LogP contribution is 2.18. The van der Waals surface area contributed by atoms with Gasteiger partial charge in [0.2, 0.25) is 15.9 Å². The van der Waals surface area contributed by atoms with E-state index in [1.165, 1.54) is 0 Å². The number of nitrogens with zero attached hydrogens (tertiary/aromatic N) is 2. The van der Waals surface area contributed by atoms with Crippen molar-refractivity contribution in [3.05, 3.63) is 65.7 Å². The first-order valence-electron chi connectivity index (χ1n) is 8.17. The minimum Gasteiger partial charge on any atom is -0.337 e. The second-order valence-electron chi connectivity index (χ2n) is 6.00. The van der Waals surface area contributed by atoms with Crippen LogP contribution in [0.4, 0.5) is 5.69 Å². The molecule has 5 nitrogen and oxygen atoms in total. The summed E-state index contributed by atoms with van der Waals surface area (Å²) in [6.07, 6.45) is 1.12. The van der Waals surface area contributed by atoms with Crippen molar-refractivity contribution in [3.8, 4) is 0 Å². The molecule has 134 valence electrons. The SMILES string of the molecule is CCN(Cc1ccccc1)C(=O)CN(c1ccc(C)cc1)S(C)(=O)=O. The van der Waals surface area contributed by atoms with E-state index in [9.17, 15) is 13.2 Å². The number of benzene rings is 2. The third kappa shape index (κ3) is 5.32. The molecule has 0 aromatic heterocycles. The van der Waals surface area contributed by atoms with Gasteiger partial charge in [-0.15, -0.1) is 0 Å². The fourth-order valence-electron chi connectivity index (χ4n) is 2.51. The number of aryl methyl sites for hydroxylation is 1. The van der Waals surface area contributed by atoms with Crippen LogP contribution >= 0.6 is 0 Å². The number of hydrogen-bond donors (Lipinski definition) is 0. The summed E-state index contributed by atoms with van der Waals surface area (Å²) in [5.74, 6) is -0.225. The van der Waals surface area contributed by atoms with E-state index in [1.54, 1.807) is 17.0 Å². The van der Waals surface area contributed by atoms with Gasteiger partial charge >= 0.3 is 0 Å². The normalized spacial score (nSPS) is 11.2. The van der Waals surface area contributed by atoms with Gasteiger partial charge in [-0.3, -0.25) is 9.10 Å². The van der Waals surface area contributed by atoms with E-state index in [-0.39, 0.29) is 12.5 Å². The summed E-state index contributed by atoms with van der Waals surface area (Å²) in [6, 6.07) is 16.8. The predicted octanol–water partition coefficient (Wildman–Crippen LogP) is 2.81. The van der Waals surface area contributed by atoms with Gasteiger partial charge in [-0.05, 0) is 31.5 Å². The molecule has 2 aromatic rings. The van der Waals surface area contributed by atoms with Gasteiger partial charge in [0.05, 0.1) is 11.9 Å². The number of sulfonamides is 1. The number of rotatable bonds is 7. The topological polar surface area (TPSA) is 57.7 Å². The van der Waals surface area contributed by atoms with Crippen LogP contribution in [0.3, 0.4) is 0 Å². The van der Waals surface area contributed by atoms with Crippen molar-refractivity contribution >= 4 is 21.6 Å². The van der Waals surface area contributed by atoms with Gasteiger partial charge in [0.25, 0.3) is 0 Å². The van der Waals surface area contributed by atoms with Crippen LogP contribution in [-0.2, 0) is 21.4 Å². The standard InChI is InChI=1S/C19H24N2O3S/c1-4-20(14-17-8-6-5-7-9-17)19(22)15-21(25(3,23)24)18-12-10-16(2)11-13-18/h5-13H,4,14-15H2,1-3H3.